The van der Waals surface area contributed by atoms with Gasteiger partial charge >= 0.3 is 5.97 Å². The number of thiophene rings is 1. The van der Waals surface area contributed by atoms with Crippen molar-refractivity contribution in [1.29, 1.82) is 0 Å². The average molecular weight is 427 g/mol. The van der Waals surface area contributed by atoms with Crippen molar-refractivity contribution in [3.63, 3.8) is 0 Å². The van der Waals surface area contributed by atoms with Crippen molar-refractivity contribution in [3.8, 4) is 0 Å². The maximum atomic E-state index is 11.1. The van der Waals surface area contributed by atoms with Gasteiger partial charge in [-0.15, -0.1) is 11.3 Å². The fourth-order valence-corrected chi connectivity index (χ4v) is 5.47. The van der Waals surface area contributed by atoms with E-state index in [1.54, 1.807) is 6.07 Å². The molecule has 1 aromatic carbocycles. The largest absolute Gasteiger partial charge is 0.477 e. The zero-order valence-corrected chi connectivity index (χ0v) is 19.0. The highest BCUT2D eigenvalue weighted by Gasteiger charge is 2.24. The monoisotopic (exact) mass is 426 g/mol. The Morgan fingerprint density at radius 1 is 1.13 bits per heavy atom. The third-order valence-corrected chi connectivity index (χ3v) is 7.40. The molecule has 0 amide bonds. The number of hydrogen-bond acceptors (Lipinski definition) is 3. The molecule has 0 bridgehead atoms. The van der Waals surface area contributed by atoms with Gasteiger partial charge < -0.3 is 10.2 Å². The van der Waals surface area contributed by atoms with Gasteiger partial charge in [0.05, 0.1) is 6.10 Å². The van der Waals surface area contributed by atoms with Crippen LogP contribution in [0.4, 0.5) is 0 Å². The SMILES string of the molecule is CCCCCC(O)c1ccc(C2=C(C)CCC2CCCc2ccc(C(=O)O)s2)cc1. The molecule has 0 saturated carbocycles. The summed E-state index contributed by atoms with van der Waals surface area (Å²) in [7, 11) is 0. The van der Waals surface area contributed by atoms with E-state index in [1.165, 1.54) is 47.3 Å². The van der Waals surface area contributed by atoms with Crippen molar-refractivity contribution in [2.45, 2.75) is 77.7 Å². The van der Waals surface area contributed by atoms with Crippen molar-refractivity contribution in [2.75, 3.05) is 0 Å². The second kappa shape index (κ2) is 10.9. The second-order valence-electron chi connectivity index (χ2n) is 8.53. The summed E-state index contributed by atoms with van der Waals surface area (Å²) in [6.45, 7) is 4.43. The molecule has 2 atom stereocenters. The summed E-state index contributed by atoms with van der Waals surface area (Å²) in [5.41, 5.74) is 5.29. The third kappa shape index (κ3) is 5.83. The molecule has 30 heavy (non-hydrogen) atoms. The molecule has 1 aliphatic rings. The van der Waals surface area contributed by atoms with E-state index in [0.29, 0.717) is 10.8 Å². The van der Waals surface area contributed by atoms with Crippen LogP contribution in [0, 0.1) is 5.92 Å². The molecule has 0 saturated heterocycles. The standard InChI is InChI=1S/C26H34O3S/c1-3-4-5-9-23(27)19-12-14-21(15-13-19)25-18(2)10-11-20(25)7-6-8-22-16-17-24(30-22)26(28)29/h12-17,20,23,27H,3-11H2,1-2H3,(H,28,29). The zero-order chi connectivity index (χ0) is 21.5. The predicted octanol–water partition coefficient (Wildman–Crippen LogP) is 7.27. The van der Waals surface area contributed by atoms with Crippen molar-refractivity contribution in [1.82, 2.24) is 0 Å². The van der Waals surface area contributed by atoms with Gasteiger partial charge in [-0.25, -0.2) is 4.79 Å². The molecule has 0 aliphatic heterocycles. The second-order valence-corrected chi connectivity index (χ2v) is 9.69. The summed E-state index contributed by atoms with van der Waals surface area (Å²) >= 11 is 1.40. The lowest BCUT2D eigenvalue weighted by Gasteiger charge is -2.17. The lowest BCUT2D eigenvalue weighted by Crippen LogP contribution is -2.02. The van der Waals surface area contributed by atoms with E-state index in [9.17, 15) is 9.90 Å². The van der Waals surface area contributed by atoms with Crippen LogP contribution >= 0.6 is 11.3 Å². The van der Waals surface area contributed by atoms with Crippen LogP contribution in [0.5, 0.6) is 0 Å². The Morgan fingerprint density at radius 2 is 1.90 bits per heavy atom. The van der Waals surface area contributed by atoms with Crippen molar-refractivity contribution >= 4 is 22.9 Å². The maximum absolute atomic E-state index is 11.1. The van der Waals surface area contributed by atoms with Gasteiger partial charge in [0, 0.05) is 4.88 Å². The quantitative estimate of drug-likeness (QED) is 0.372. The lowest BCUT2D eigenvalue weighted by atomic mass is 9.88. The number of hydrogen-bond donors (Lipinski definition) is 2. The van der Waals surface area contributed by atoms with E-state index >= 15 is 0 Å². The Labute approximate surface area is 184 Å². The van der Waals surface area contributed by atoms with Gasteiger partial charge in [-0.3, -0.25) is 0 Å². The van der Waals surface area contributed by atoms with Gasteiger partial charge in [-0.1, -0.05) is 56.0 Å². The normalized spacial score (nSPS) is 17.5. The first-order valence-corrected chi connectivity index (χ1v) is 12.1. The van der Waals surface area contributed by atoms with Gasteiger partial charge in [0.15, 0.2) is 0 Å². The molecule has 1 aromatic heterocycles. The highest BCUT2D eigenvalue weighted by atomic mass is 32.1. The molecule has 0 radical (unpaired) electrons. The Kier molecular flexibility index (Phi) is 8.29. The number of aromatic carboxylic acids is 1. The highest BCUT2D eigenvalue weighted by Crippen LogP contribution is 2.41. The number of rotatable bonds is 11. The Hall–Kier alpha value is -1.91. The molecule has 1 aliphatic carbocycles. The van der Waals surface area contributed by atoms with Crippen LogP contribution in [0.25, 0.3) is 5.57 Å². The molecule has 2 unspecified atom stereocenters. The molecular formula is C26H34O3S. The molecular weight excluding hydrogens is 392 g/mol. The molecule has 4 heteroatoms. The van der Waals surface area contributed by atoms with Crippen molar-refractivity contribution < 1.29 is 15.0 Å². The average Bonchev–Trinajstić information content (AvgIpc) is 3.35. The smallest absolute Gasteiger partial charge is 0.345 e. The number of unbranched alkanes of at least 4 members (excludes halogenated alkanes) is 2. The number of aliphatic hydroxyl groups is 1. The zero-order valence-electron chi connectivity index (χ0n) is 18.2. The lowest BCUT2D eigenvalue weighted by molar-refractivity contribution is 0.0702. The summed E-state index contributed by atoms with van der Waals surface area (Å²) in [5.74, 6) is -0.258. The molecule has 1 heterocycles. The summed E-state index contributed by atoms with van der Waals surface area (Å²) < 4.78 is 0. The van der Waals surface area contributed by atoms with E-state index < -0.39 is 5.97 Å². The van der Waals surface area contributed by atoms with Gasteiger partial charge in [0.1, 0.15) is 4.88 Å². The highest BCUT2D eigenvalue weighted by molar-refractivity contribution is 7.13. The summed E-state index contributed by atoms with van der Waals surface area (Å²) in [5, 5.41) is 19.5. The molecule has 3 nitrogen and oxygen atoms in total. The number of carboxylic acids is 1. The maximum Gasteiger partial charge on any atom is 0.345 e. The number of aliphatic hydroxyl groups excluding tert-OH is 1. The van der Waals surface area contributed by atoms with Crippen LogP contribution in [0.2, 0.25) is 0 Å². The Balaban J connectivity index is 1.58. The third-order valence-electron chi connectivity index (χ3n) is 6.27. The fraction of sp³-hybridized carbons (Fsp3) is 0.500. The first-order chi connectivity index (χ1) is 14.5. The molecule has 0 fully saturated rings. The summed E-state index contributed by atoms with van der Waals surface area (Å²) in [6, 6.07) is 12.2. The van der Waals surface area contributed by atoms with Crippen LogP contribution in [-0.4, -0.2) is 16.2 Å². The van der Waals surface area contributed by atoms with Crippen LogP contribution in [-0.2, 0) is 6.42 Å². The molecule has 3 rings (SSSR count). The van der Waals surface area contributed by atoms with Crippen molar-refractivity contribution in [2.24, 2.45) is 5.92 Å². The summed E-state index contributed by atoms with van der Waals surface area (Å²) in [4.78, 5) is 12.6. The van der Waals surface area contributed by atoms with E-state index in [4.69, 9.17) is 5.11 Å². The van der Waals surface area contributed by atoms with E-state index in [-0.39, 0.29) is 6.10 Å². The fourth-order valence-electron chi connectivity index (χ4n) is 4.58. The minimum Gasteiger partial charge on any atom is -0.477 e. The predicted molar refractivity (Wildman–Crippen MR) is 125 cm³/mol. The van der Waals surface area contributed by atoms with E-state index in [1.807, 2.05) is 6.07 Å². The van der Waals surface area contributed by atoms with Crippen LogP contribution in [0.3, 0.4) is 0 Å². The minimum atomic E-state index is -0.832. The van der Waals surface area contributed by atoms with Gasteiger partial charge in [-0.05, 0) is 80.2 Å². The molecule has 2 N–H and O–H groups in total. The van der Waals surface area contributed by atoms with Gasteiger partial charge in [0.25, 0.3) is 0 Å². The van der Waals surface area contributed by atoms with Crippen molar-refractivity contribution in [3.05, 3.63) is 62.9 Å². The molecule has 162 valence electrons. The van der Waals surface area contributed by atoms with Crippen LogP contribution < -0.4 is 0 Å². The first-order valence-electron chi connectivity index (χ1n) is 11.3. The number of aryl methyl sites for hydroxylation is 1. The molecule has 2 aromatic rings. The Bertz CT molecular complexity index is 863. The number of benzene rings is 1. The van der Waals surface area contributed by atoms with E-state index in [0.717, 1.165) is 49.0 Å². The van der Waals surface area contributed by atoms with Gasteiger partial charge in [0.2, 0.25) is 0 Å². The number of carboxylic acid groups (broad SMARTS) is 1. The Morgan fingerprint density at radius 3 is 2.57 bits per heavy atom. The number of carbonyl (C=O) groups is 1. The first kappa shape index (κ1) is 22.8. The van der Waals surface area contributed by atoms with Crippen LogP contribution in [0.15, 0.2) is 42.0 Å². The van der Waals surface area contributed by atoms with E-state index in [2.05, 4.69) is 38.1 Å². The van der Waals surface area contributed by atoms with Crippen LogP contribution in [0.1, 0.15) is 97.0 Å². The topological polar surface area (TPSA) is 57.5 Å². The minimum absolute atomic E-state index is 0.360. The summed E-state index contributed by atoms with van der Waals surface area (Å²) in [6.07, 6.45) is 9.42. The number of allylic oxidation sites excluding steroid dienone is 2. The van der Waals surface area contributed by atoms with Gasteiger partial charge in [-0.2, -0.15) is 0 Å². The molecule has 0 spiro atoms.